The lowest BCUT2D eigenvalue weighted by molar-refractivity contribution is 0.0981. The van der Waals surface area contributed by atoms with Crippen LogP contribution in [0.2, 0.25) is 0 Å². The van der Waals surface area contributed by atoms with Crippen LogP contribution in [-0.4, -0.2) is 27.2 Å². The third kappa shape index (κ3) is 2.30. The SMILES string of the molecule is N#C/C(=C1/NC(=O)c2ccccc21)c1nc2ccccc2n1CCO. The van der Waals surface area contributed by atoms with Gasteiger partial charge in [0.1, 0.15) is 11.6 Å². The molecule has 0 atom stereocenters. The number of nitrogens with zero attached hydrogens (tertiary/aromatic N) is 3. The Kier molecular flexibility index (Phi) is 3.56. The maximum atomic E-state index is 12.2. The van der Waals surface area contributed by atoms with E-state index in [-0.39, 0.29) is 18.1 Å². The number of fused-ring (bicyclic) bond motifs is 2. The van der Waals surface area contributed by atoms with Gasteiger partial charge >= 0.3 is 0 Å². The second kappa shape index (κ2) is 5.89. The van der Waals surface area contributed by atoms with Crippen LogP contribution in [0.25, 0.3) is 22.3 Å². The molecular weight excluding hydrogens is 316 g/mol. The zero-order chi connectivity index (χ0) is 17.4. The molecule has 2 N–H and O–H groups in total. The van der Waals surface area contributed by atoms with Gasteiger partial charge < -0.3 is 15.0 Å². The molecule has 0 fully saturated rings. The summed E-state index contributed by atoms with van der Waals surface area (Å²) in [5.74, 6) is 0.202. The molecule has 6 nitrogen and oxygen atoms in total. The highest BCUT2D eigenvalue weighted by molar-refractivity contribution is 6.15. The van der Waals surface area contributed by atoms with Crippen LogP contribution in [0.3, 0.4) is 0 Å². The summed E-state index contributed by atoms with van der Waals surface area (Å²) in [5, 5.41) is 22.0. The summed E-state index contributed by atoms with van der Waals surface area (Å²) in [4.78, 5) is 16.8. The van der Waals surface area contributed by atoms with Gasteiger partial charge in [-0.1, -0.05) is 30.3 Å². The molecule has 0 unspecified atom stereocenters. The summed E-state index contributed by atoms with van der Waals surface area (Å²) in [5.41, 5.74) is 3.52. The van der Waals surface area contributed by atoms with Crippen LogP contribution < -0.4 is 5.32 Å². The van der Waals surface area contributed by atoms with Crippen LogP contribution in [-0.2, 0) is 6.54 Å². The van der Waals surface area contributed by atoms with Crippen molar-refractivity contribution in [2.24, 2.45) is 0 Å². The van der Waals surface area contributed by atoms with Crippen molar-refractivity contribution >= 4 is 28.2 Å². The maximum Gasteiger partial charge on any atom is 0.256 e. The van der Waals surface area contributed by atoms with Crippen molar-refractivity contribution in [2.75, 3.05) is 6.61 Å². The topological polar surface area (TPSA) is 90.9 Å². The number of aliphatic hydroxyl groups excluding tert-OH is 1. The first kappa shape index (κ1) is 15.1. The molecule has 2 aromatic carbocycles. The summed E-state index contributed by atoms with van der Waals surface area (Å²) in [6.45, 7) is 0.230. The number of rotatable bonds is 3. The molecule has 6 heteroatoms. The predicted octanol–water partition coefficient (Wildman–Crippen LogP) is 2.16. The van der Waals surface area contributed by atoms with Gasteiger partial charge in [0.15, 0.2) is 5.82 Å². The Morgan fingerprint density at radius 2 is 1.88 bits per heavy atom. The number of carbonyl (C=O) groups is 1. The van der Waals surface area contributed by atoms with Crippen molar-refractivity contribution in [1.82, 2.24) is 14.9 Å². The number of hydrogen-bond donors (Lipinski definition) is 2. The highest BCUT2D eigenvalue weighted by Gasteiger charge is 2.28. The molecule has 1 amide bonds. The Bertz CT molecular complexity index is 1070. The van der Waals surface area contributed by atoms with Crippen LogP contribution >= 0.6 is 0 Å². The Morgan fingerprint density at radius 1 is 1.16 bits per heavy atom. The Labute approximate surface area is 143 Å². The summed E-state index contributed by atoms with van der Waals surface area (Å²) >= 11 is 0. The van der Waals surface area contributed by atoms with Gasteiger partial charge in [-0.3, -0.25) is 4.79 Å². The molecule has 122 valence electrons. The van der Waals surface area contributed by atoms with Crippen molar-refractivity contribution in [3.8, 4) is 6.07 Å². The van der Waals surface area contributed by atoms with E-state index in [2.05, 4.69) is 16.4 Å². The summed E-state index contributed by atoms with van der Waals surface area (Å²) in [6, 6.07) is 16.8. The zero-order valence-corrected chi connectivity index (χ0v) is 13.2. The van der Waals surface area contributed by atoms with Gasteiger partial charge in [0.25, 0.3) is 5.91 Å². The minimum Gasteiger partial charge on any atom is -0.395 e. The van der Waals surface area contributed by atoms with Crippen molar-refractivity contribution in [1.29, 1.82) is 5.26 Å². The van der Waals surface area contributed by atoms with E-state index in [1.54, 1.807) is 22.8 Å². The minimum atomic E-state index is -0.233. The first-order valence-electron chi connectivity index (χ1n) is 7.86. The third-order valence-corrected chi connectivity index (χ3v) is 4.24. The van der Waals surface area contributed by atoms with Gasteiger partial charge in [-0.05, 0) is 18.2 Å². The number of amides is 1. The van der Waals surface area contributed by atoms with Crippen molar-refractivity contribution in [3.63, 3.8) is 0 Å². The fraction of sp³-hybridized carbons (Fsp3) is 0.105. The second-order valence-corrected chi connectivity index (χ2v) is 5.66. The highest BCUT2D eigenvalue weighted by Crippen LogP contribution is 2.32. The number of imidazole rings is 1. The van der Waals surface area contributed by atoms with Crippen LogP contribution in [0.4, 0.5) is 0 Å². The van der Waals surface area contributed by atoms with Gasteiger partial charge in [0.2, 0.25) is 0 Å². The average Bonchev–Trinajstić information content (AvgIpc) is 3.16. The van der Waals surface area contributed by atoms with E-state index >= 15 is 0 Å². The van der Waals surface area contributed by atoms with E-state index in [1.165, 1.54) is 0 Å². The molecule has 25 heavy (non-hydrogen) atoms. The standard InChI is InChI=1S/C19H14N4O2/c20-11-14(17-12-5-1-2-6-13(12)19(25)22-17)18-21-15-7-3-4-8-16(15)23(18)9-10-24/h1-8,24H,9-10H2,(H,22,25)/b17-14-. The normalized spacial score (nSPS) is 15.0. The van der Waals surface area contributed by atoms with Gasteiger partial charge in [0.05, 0.1) is 23.3 Å². The molecule has 0 spiro atoms. The van der Waals surface area contributed by atoms with E-state index in [1.807, 2.05) is 30.3 Å². The highest BCUT2D eigenvalue weighted by atomic mass is 16.3. The summed E-state index contributed by atoms with van der Waals surface area (Å²) in [7, 11) is 0. The van der Waals surface area contributed by atoms with Gasteiger partial charge in [0, 0.05) is 17.7 Å². The Morgan fingerprint density at radius 3 is 2.64 bits per heavy atom. The van der Waals surface area contributed by atoms with E-state index < -0.39 is 0 Å². The van der Waals surface area contributed by atoms with Crippen LogP contribution in [0.15, 0.2) is 48.5 Å². The Balaban J connectivity index is 2.00. The zero-order valence-electron chi connectivity index (χ0n) is 13.2. The van der Waals surface area contributed by atoms with Crippen molar-refractivity contribution < 1.29 is 9.90 Å². The number of benzene rings is 2. The second-order valence-electron chi connectivity index (χ2n) is 5.66. The molecule has 0 aliphatic carbocycles. The molecule has 1 aliphatic rings. The van der Waals surface area contributed by atoms with E-state index in [4.69, 9.17) is 0 Å². The average molecular weight is 330 g/mol. The smallest absolute Gasteiger partial charge is 0.256 e. The molecule has 0 radical (unpaired) electrons. The van der Waals surface area contributed by atoms with Crippen LogP contribution in [0.1, 0.15) is 21.7 Å². The minimum absolute atomic E-state index is 0.0790. The van der Waals surface area contributed by atoms with E-state index in [0.717, 1.165) is 11.0 Å². The number of hydrogen-bond acceptors (Lipinski definition) is 4. The van der Waals surface area contributed by atoms with Gasteiger partial charge in [-0.2, -0.15) is 5.26 Å². The van der Waals surface area contributed by atoms with Crippen molar-refractivity contribution in [2.45, 2.75) is 6.54 Å². The molecule has 2 heterocycles. The van der Waals surface area contributed by atoms with Gasteiger partial charge in [-0.25, -0.2) is 4.98 Å². The van der Waals surface area contributed by atoms with Crippen LogP contribution in [0.5, 0.6) is 0 Å². The monoisotopic (exact) mass is 330 g/mol. The first-order chi connectivity index (χ1) is 12.2. The molecule has 4 rings (SSSR count). The Hall–Kier alpha value is -3.43. The molecule has 1 aliphatic heterocycles. The molecular formula is C19H14N4O2. The summed E-state index contributed by atoms with van der Waals surface area (Å²) < 4.78 is 1.80. The third-order valence-electron chi connectivity index (χ3n) is 4.24. The molecule has 0 saturated heterocycles. The van der Waals surface area contributed by atoms with Crippen LogP contribution in [0, 0.1) is 11.3 Å². The summed E-state index contributed by atoms with van der Waals surface area (Å²) in [6.07, 6.45) is 0. The number of nitriles is 1. The lowest BCUT2D eigenvalue weighted by Crippen LogP contribution is -2.14. The lowest BCUT2D eigenvalue weighted by Gasteiger charge is -2.09. The number of allylic oxidation sites excluding steroid dienone is 1. The van der Waals surface area contributed by atoms with E-state index in [9.17, 15) is 15.2 Å². The molecule has 0 saturated carbocycles. The van der Waals surface area contributed by atoms with Crippen molar-refractivity contribution in [3.05, 3.63) is 65.5 Å². The van der Waals surface area contributed by atoms with E-state index in [0.29, 0.717) is 29.2 Å². The fourth-order valence-corrected chi connectivity index (χ4v) is 3.15. The number of carbonyl (C=O) groups excluding carboxylic acids is 1. The molecule has 3 aromatic rings. The number of nitrogens with one attached hydrogen (secondary N) is 1. The molecule has 0 bridgehead atoms. The fourth-order valence-electron chi connectivity index (χ4n) is 3.15. The number of para-hydroxylation sites is 2. The quantitative estimate of drug-likeness (QED) is 0.720. The predicted molar refractivity (Wildman–Crippen MR) is 93.2 cm³/mol. The first-order valence-corrected chi connectivity index (χ1v) is 7.86. The molecule has 1 aromatic heterocycles. The number of aliphatic hydroxyl groups is 1. The maximum absolute atomic E-state index is 12.2. The lowest BCUT2D eigenvalue weighted by atomic mass is 10.0. The largest absolute Gasteiger partial charge is 0.395 e. The number of aromatic nitrogens is 2. The van der Waals surface area contributed by atoms with Gasteiger partial charge in [-0.15, -0.1) is 0 Å².